The standard InChI is InChI=1S/C16H21N5O2/c1-10(15-17-19-20-18-15)9-21(2)16(22)14-8-13(14)11-5-4-6-12(7-11)23-3/h4-7,10,13-14H,8-9H2,1-3H3,(H,17,18,19,20)/t10-,13+,14+/m1/s1. The molecule has 7 nitrogen and oxygen atoms in total. The lowest BCUT2D eigenvalue weighted by Crippen LogP contribution is -2.32. The monoisotopic (exact) mass is 315 g/mol. The molecule has 0 aliphatic heterocycles. The number of amides is 1. The molecule has 1 amide bonds. The summed E-state index contributed by atoms with van der Waals surface area (Å²) in [4.78, 5) is 14.3. The number of tetrazole rings is 1. The van der Waals surface area contributed by atoms with Crippen molar-refractivity contribution in [2.75, 3.05) is 20.7 Å². The molecule has 1 saturated carbocycles. The zero-order valence-corrected chi connectivity index (χ0v) is 13.6. The van der Waals surface area contributed by atoms with Gasteiger partial charge in [0.15, 0.2) is 5.82 Å². The third-order valence-corrected chi connectivity index (χ3v) is 4.36. The lowest BCUT2D eigenvalue weighted by molar-refractivity contribution is -0.131. The Hall–Kier alpha value is -2.44. The van der Waals surface area contributed by atoms with Crippen molar-refractivity contribution in [3.8, 4) is 5.75 Å². The van der Waals surface area contributed by atoms with Crippen molar-refractivity contribution in [3.05, 3.63) is 35.7 Å². The second kappa shape index (κ2) is 6.36. The van der Waals surface area contributed by atoms with Crippen molar-refractivity contribution in [3.63, 3.8) is 0 Å². The maximum absolute atomic E-state index is 12.6. The molecule has 23 heavy (non-hydrogen) atoms. The fourth-order valence-electron chi connectivity index (χ4n) is 2.95. The van der Waals surface area contributed by atoms with Crippen molar-refractivity contribution < 1.29 is 9.53 Å². The van der Waals surface area contributed by atoms with E-state index in [4.69, 9.17) is 4.74 Å². The van der Waals surface area contributed by atoms with Gasteiger partial charge < -0.3 is 9.64 Å². The zero-order valence-electron chi connectivity index (χ0n) is 13.6. The number of methoxy groups -OCH3 is 1. The molecular formula is C16H21N5O2. The molecule has 3 atom stereocenters. The lowest BCUT2D eigenvalue weighted by atomic mass is 10.1. The average Bonchev–Trinajstić information content (AvgIpc) is 3.18. The number of ether oxygens (including phenoxy) is 1. The highest BCUT2D eigenvalue weighted by Gasteiger charge is 2.45. The van der Waals surface area contributed by atoms with Gasteiger partial charge in [-0.05, 0) is 30.0 Å². The van der Waals surface area contributed by atoms with Crippen molar-refractivity contribution in [1.82, 2.24) is 25.5 Å². The predicted molar refractivity (Wildman–Crippen MR) is 84.1 cm³/mol. The maximum atomic E-state index is 12.6. The van der Waals surface area contributed by atoms with E-state index in [2.05, 4.69) is 26.7 Å². The normalized spacial score (nSPS) is 20.8. The minimum Gasteiger partial charge on any atom is -0.497 e. The van der Waals surface area contributed by atoms with Gasteiger partial charge in [-0.25, -0.2) is 0 Å². The first kappa shape index (κ1) is 15.5. The molecule has 1 aromatic carbocycles. The molecule has 0 unspecified atom stereocenters. The van der Waals surface area contributed by atoms with Gasteiger partial charge in [-0.2, -0.15) is 5.21 Å². The van der Waals surface area contributed by atoms with Gasteiger partial charge in [0.1, 0.15) is 5.75 Å². The fraction of sp³-hybridized carbons (Fsp3) is 0.500. The Morgan fingerprint density at radius 3 is 3.04 bits per heavy atom. The number of hydrogen-bond acceptors (Lipinski definition) is 5. The van der Waals surface area contributed by atoms with E-state index in [1.165, 1.54) is 5.56 Å². The molecule has 0 bridgehead atoms. The molecule has 1 aliphatic carbocycles. The number of benzene rings is 1. The van der Waals surface area contributed by atoms with Gasteiger partial charge in [-0.15, -0.1) is 10.2 Å². The first-order valence-electron chi connectivity index (χ1n) is 7.72. The summed E-state index contributed by atoms with van der Waals surface area (Å²) < 4.78 is 5.25. The molecule has 2 aromatic rings. The number of H-pyrrole nitrogens is 1. The molecule has 0 radical (unpaired) electrons. The Labute approximate surface area is 135 Å². The van der Waals surface area contributed by atoms with Crippen molar-refractivity contribution in [2.45, 2.75) is 25.2 Å². The van der Waals surface area contributed by atoms with Crippen LogP contribution >= 0.6 is 0 Å². The first-order chi connectivity index (χ1) is 11.1. The van der Waals surface area contributed by atoms with Crippen LogP contribution in [0.5, 0.6) is 5.75 Å². The summed E-state index contributed by atoms with van der Waals surface area (Å²) in [6, 6.07) is 7.96. The van der Waals surface area contributed by atoms with Crippen molar-refractivity contribution in [1.29, 1.82) is 0 Å². The number of nitrogens with zero attached hydrogens (tertiary/aromatic N) is 4. The second-order valence-corrected chi connectivity index (χ2v) is 6.12. The summed E-state index contributed by atoms with van der Waals surface area (Å²) in [5, 5.41) is 13.9. The first-order valence-corrected chi connectivity index (χ1v) is 7.72. The van der Waals surface area contributed by atoms with E-state index in [0.29, 0.717) is 18.3 Å². The molecule has 1 aromatic heterocycles. The van der Waals surface area contributed by atoms with E-state index in [9.17, 15) is 4.79 Å². The number of hydrogen-bond donors (Lipinski definition) is 1. The molecular weight excluding hydrogens is 294 g/mol. The quantitative estimate of drug-likeness (QED) is 0.875. The summed E-state index contributed by atoms with van der Waals surface area (Å²) >= 11 is 0. The molecule has 0 saturated heterocycles. The number of likely N-dealkylation sites (N-methyl/N-ethyl adjacent to an activating group) is 1. The summed E-state index contributed by atoms with van der Waals surface area (Å²) in [6.07, 6.45) is 0.896. The Morgan fingerprint density at radius 2 is 2.35 bits per heavy atom. The van der Waals surface area contributed by atoms with Crippen LogP contribution in [-0.4, -0.2) is 52.1 Å². The predicted octanol–water partition coefficient (Wildman–Crippen LogP) is 1.57. The topological polar surface area (TPSA) is 84.0 Å². The lowest BCUT2D eigenvalue weighted by Gasteiger charge is -2.20. The van der Waals surface area contributed by atoms with Crippen molar-refractivity contribution in [2.24, 2.45) is 5.92 Å². The number of carbonyl (C=O) groups excluding carboxylic acids is 1. The maximum Gasteiger partial charge on any atom is 0.226 e. The van der Waals surface area contributed by atoms with Crippen LogP contribution < -0.4 is 4.74 Å². The molecule has 1 N–H and O–H groups in total. The number of carbonyl (C=O) groups is 1. The Bertz CT molecular complexity index is 673. The van der Waals surface area contributed by atoms with Gasteiger partial charge in [-0.3, -0.25) is 4.79 Å². The molecule has 3 rings (SSSR count). The smallest absolute Gasteiger partial charge is 0.226 e. The van der Waals surface area contributed by atoms with Crippen LogP contribution in [0.3, 0.4) is 0 Å². The fourth-order valence-corrected chi connectivity index (χ4v) is 2.95. The number of aromatic nitrogens is 4. The van der Waals surface area contributed by atoms with E-state index < -0.39 is 0 Å². The Morgan fingerprint density at radius 1 is 1.52 bits per heavy atom. The van der Waals surface area contributed by atoms with Gasteiger partial charge in [-0.1, -0.05) is 24.3 Å². The summed E-state index contributed by atoms with van der Waals surface area (Å²) in [7, 11) is 3.49. The number of rotatable bonds is 6. The van der Waals surface area contributed by atoms with Gasteiger partial charge >= 0.3 is 0 Å². The summed E-state index contributed by atoms with van der Waals surface area (Å²) in [5.41, 5.74) is 1.17. The minimum atomic E-state index is 0.0525. The van der Waals surface area contributed by atoms with Crippen LogP contribution in [0.25, 0.3) is 0 Å². The SMILES string of the molecule is COc1cccc([C@@H]2C[C@@H]2C(=O)N(C)C[C@@H](C)c2nn[nH]n2)c1. The molecule has 1 heterocycles. The molecule has 122 valence electrons. The summed E-state index contributed by atoms with van der Waals surface area (Å²) in [5.74, 6) is 2.04. The van der Waals surface area contributed by atoms with Crippen LogP contribution in [0.15, 0.2) is 24.3 Å². The van der Waals surface area contributed by atoms with E-state index in [1.807, 2.05) is 32.2 Å². The highest BCUT2D eigenvalue weighted by Crippen LogP contribution is 2.49. The minimum absolute atomic E-state index is 0.0525. The Kier molecular flexibility index (Phi) is 4.27. The van der Waals surface area contributed by atoms with Gasteiger partial charge in [0.05, 0.1) is 7.11 Å². The zero-order chi connectivity index (χ0) is 16.4. The van der Waals surface area contributed by atoms with Crippen LogP contribution in [-0.2, 0) is 4.79 Å². The molecule has 1 fully saturated rings. The van der Waals surface area contributed by atoms with Gasteiger partial charge in [0.2, 0.25) is 5.91 Å². The average molecular weight is 315 g/mol. The van der Waals surface area contributed by atoms with Crippen molar-refractivity contribution >= 4 is 5.91 Å². The number of nitrogens with one attached hydrogen (secondary N) is 1. The van der Waals surface area contributed by atoms with Gasteiger partial charge in [0.25, 0.3) is 0 Å². The molecule has 0 spiro atoms. The second-order valence-electron chi connectivity index (χ2n) is 6.12. The van der Waals surface area contributed by atoms with Crippen LogP contribution in [0.4, 0.5) is 0 Å². The Balaban J connectivity index is 1.59. The third-order valence-electron chi connectivity index (χ3n) is 4.36. The van der Waals surface area contributed by atoms with E-state index in [0.717, 1.165) is 12.2 Å². The highest BCUT2D eigenvalue weighted by molar-refractivity contribution is 5.82. The molecule has 7 heteroatoms. The van der Waals surface area contributed by atoms with Gasteiger partial charge in [0, 0.05) is 25.4 Å². The van der Waals surface area contributed by atoms with Crippen LogP contribution in [0, 0.1) is 5.92 Å². The van der Waals surface area contributed by atoms with Crippen LogP contribution in [0.2, 0.25) is 0 Å². The van der Waals surface area contributed by atoms with E-state index in [1.54, 1.807) is 12.0 Å². The molecule has 1 aliphatic rings. The number of aromatic amines is 1. The largest absolute Gasteiger partial charge is 0.497 e. The van der Waals surface area contributed by atoms with E-state index >= 15 is 0 Å². The summed E-state index contributed by atoms with van der Waals surface area (Å²) in [6.45, 7) is 2.57. The highest BCUT2D eigenvalue weighted by atomic mass is 16.5. The van der Waals surface area contributed by atoms with Crippen LogP contribution in [0.1, 0.15) is 36.6 Å². The van der Waals surface area contributed by atoms with E-state index in [-0.39, 0.29) is 17.7 Å². The third kappa shape index (κ3) is 3.33.